The maximum atomic E-state index is 13.3. The molecule has 0 aromatic heterocycles. The summed E-state index contributed by atoms with van der Waals surface area (Å²) in [5.41, 5.74) is -1.51. The van der Waals surface area contributed by atoms with Crippen LogP contribution < -0.4 is 0 Å². The van der Waals surface area contributed by atoms with Crippen molar-refractivity contribution in [3.8, 4) is 0 Å². The van der Waals surface area contributed by atoms with Crippen LogP contribution in [0.15, 0.2) is 12.1 Å². The Hall–Kier alpha value is -1.30. The molecule has 0 heterocycles. The molecular weight excluding hydrogens is 264 g/mol. The van der Waals surface area contributed by atoms with E-state index in [1.165, 1.54) is 0 Å². The van der Waals surface area contributed by atoms with Gasteiger partial charge in [-0.25, -0.2) is 4.39 Å². The Bertz CT molecular complexity index is 443. The van der Waals surface area contributed by atoms with Crippen LogP contribution >= 0.6 is 11.6 Å². The number of hydrogen-bond acceptors (Lipinski definition) is 2. The molecule has 7 heteroatoms. The van der Waals surface area contributed by atoms with Gasteiger partial charge in [-0.3, -0.25) is 4.79 Å². The molecule has 0 aliphatic carbocycles. The SMILES string of the molecule is COC(=O)Cc1cc(Cl)c(C(F)(F)F)cc1F. The number of esters is 1. The lowest BCUT2D eigenvalue weighted by Crippen LogP contribution is -2.10. The molecule has 0 unspecified atom stereocenters. The third-order valence-corrected chi connectivity index (χ3v) is 2.32. The van der Waals surface area contributed by atoms with Gasteiger partial charge in [0.2, 0.25) is 0 Å². The molecule has 0 bridgehead atoms. The van der Waals surface area contributed by atoms with Crippen molar-refractivity contribution in [3.63, 3.8) is 0 Å². The highest BCUT2D eigenvalue weighted by atomic mass is 35.5. The zero-order valence-corrected chi connectivity index (χ0v) is 9.32. The molecule has 0 N–H and O–H groups in total. The molecule has 1 rings (SSSR count). The molecule has 0 aliphatic heterocycles. The Morgan fingerprint density at radius 1 is 1.41 bits per heavy atom. The quantitative estimate of drug-likeness (QED) is 0.609. The molecule has 0 saturated carbocycles. The minimum atomic E-state index is -4.73. The second-order valence-electron chi connectivity index (χ2n) is 3.17. The van der Waals surface area contributed by atoms with E-state index in [1.807, 2.05) is 0 Å². The van der Waals surface area contributed by atoms with Crippen LogP contribution in [0.4, 0.5) is 17.6 Å². The highest BCUT2D eigenvalue weighted by Crippen LogP contribution is 2.36. The highest BCUT2D eigenvalue weighted by Gasteiger charge is 2.34. The summed E-state index contributed by atoms with van der Waals surface area (Å²) in [6.07, 6.45) is -5.21. The number of carbonyl (C=O) groups excluding carboxylic acids is 1. The molecule has 0 spiro atoms. The maximum absolute atomic E-state index is 13.3. The number of rotatable bonds is 2. The summed E-state index contributed by atoms with van der Waals surface area (Å²) in [5.74, 6) is -1.91. The summed E-state index contributed by atoms with van der Waals surface area (Å²) < 4.78 is 54.6. The van der Waals surface area contributed by atoms with Gasteiger partial charge in [-0.1, -0.05) is 11.6 Å². The second kappa shape index (κ2) is 4.91. The van der Waals surface area contributed by atoms with Crippen molar-refractivity contribution in [2.45, 2.75) is 12.6 Å². The normalized spacial score (nSPS) is 11.4. The van der Waals surface area contributed by atoms with Gasteiger partial charge < -0.3 is 4.74 Å². The van der Waals surface area contributed by atoms with Crippen molar-refractivity contribution in [2.24, 2.45) is 0 Å². The van der Waals surface area contributed by atoms with E-state index in [2.05, 4.69) is 4.74 Å². The first kappa shape index (κ1) is 13.8. The van der Waals surface area contributed by atoms with Gasteiger partial charge in [0.1, 0.15) is 5.82 Å². The van der Waals surface area contributed by atoms with Gasteiger partial charge in [0.15, 0.2) is 0 Å². The van der Waals surface area contributed by atoms with Crippen LogP contribution in [0.1, 0.15) is 11.1 Å². The van der Waals surface area contributed by atoms with E-state index in [9.17, 15) is 22.4 Å². The number of benzene rings is 1. The van der Waals surface area contributed by atoms with E-state index in [0.29, 0.717) is 0 Å². The zero-order chi connectivity index (χ0) is 13.2. The number of ether oxygens (including phenoxy) is 1. The molecule has 0 radical (unpaired) electrons. The van der Waals surface area contributed by atoms with Gasteiger partial charge in [0.25, 0.3) is 0 Å². The lowest BCUT2D eigenvalue weighted by Gasteiger charge is -2.11. The Kier molecular flexibility index (Phi) is 3.98. The molecule has 0 amide bonds. The van der Waals surface area contributed by atoms with Crippen LogP contribution in [0.5, 0.6) is 0 Å². The van der Waals surface area contributed by atoms with Crippen LogP contribution in [0.25, 0.3) is 0 Å². The van der Waals surface area contributed by atoms with Crippen LogP contribution in [0.3, 0.4) is 0 Å². The number of hydrogen-bond donors (Lipinski definition) is 0. The Morgan fingerprint density at radius 3 is 2.47 bits per heavy atom. The standard InChI is InChI=1S/C10H7ClF4O2/c1-17-9(16)3-5-2-7(11)6(4-8(5)12)10(13,14)15/h2,4H,3H2,1H3. The van der Waals surface area contributed by atoms with Gasteiger partial charge in [0.05, 0.1) is 24.1 Å². The van der Waals surface area contributed by atoms with Gasteiger partial charge in [-0.05, 0) is 12.1 Å². The van der Waals surface area contributed by atoms with Crippen LogP contribution in [-0.2, 0) is 22.1 Å². The molecule has 2 nitrogen and oxygen atoms in total. The lowest BCUT2D eigenvalue weighted by molar-refractivity contribution is -0.139. The van der Waals surface area contributed by atoms with Gasteiger partial charge in [-0.2, -0.15) is 13.2 Å². The summed E-state index contributed by atoms with van der Waals surface area (Å²) in [5, 5.41) is -0.655. The summed E-state index contributed by atoms with van der Waals surface area (Å²) >= 11 is 5.37. The fourth-order valence-electron chi connectivity index (χ4n) is 1.17. The molecule has 0 atom stereocenters. The van der Waals surface area contributed by atoms with Crippen LogP contribution in [0, 0.1) is 5.82 Å². The molecule has 0 aliphatic rings. The number of carbonyl (C=O) groups is 1. The third-order valence-electron chi connectivity index (χ3n) is 2.00. The smallest absolute Gasteiger partial charge is 0.417 e. The first-order valence-corrected chi connectivity index (χ1v) is 4.75. The zero-order valence-electron chi connectivity index (χ0n) is 8.57. The topological polar surface area (TPSA) is 26.3 Å². The monoisotopic (exact) mass is 270 g/mol. The van der Waals surface area contributed by atoms with Gasteiger partial charge in [-0.15, -0.1) is 0 Å². The lowest BCUT2D eigenvalue weighted by atomic mass is 10.1. The summed E-state index contributed by atoms with van der Waals surface area (Å²) in [6, 6.07) is 1.04. The van der Waals surface area contributed by atoms with Gasteiger partial charge >= 0.3 is 12.1 Å². The molecule has 17 heavy (non-hydrogen) atoms. The molecule has 0 saturated heterocycles. The Balaban J connectivity index is 3.14. The minimum Gasteiger partial charge on any atom is -0.469 e. The predicted molar refractivity (Wildman–Crippen MR) is 52.1 cm³/mol. The molecule has 1 aromatic carbocycles. The third kappa shape index (κ3) is 3.33. The second-order valence-corrected chi connectivity index (χ2v) is 3.58. The van der Waals surface area contributed by atoms with Crippen molar-refractivity contribution >= 4 is 17.6 Å². The molecular formula is C10H7ClF4O2. The predicted octanol–water partition coefficient (Wildman–Crippen LogP) is 3.21. The van der Waals surface area contributed by atoms with E-state index in [-0.39, 0.29) is 11.6 Å². The Labute approximate surface area is 99.1 Å². The number of methoxy groups -OCH3 is 1. The minimum absolute atomic E-state index is 0.241. The van der Waals surface area contributed by atoms with E-state index in [1.54, 1.807) is 0 Å². The first-order valence-electron chi connectivity index (χ1n) is 4.37. The van der Waals surface area contributed by atoms with Crippen LogP contribution in [-0.4, -0.2) is 13.1 Å². The number of halogens is 5. The van der Waals surface area contributed by atoms with Crippen molar-refractivity contribution in [1.82, 2.24) is 0 Å². The summed E-state index contributed by atoms with van der Waals surface area (Å²) in [4.78, 5) is 10.9. The summed E-state index contributed by atoms with van der Waals surface area (Å²) in [6.45, 7) is 0. The van der Waals surface area contributed by atoms with Crippen molar-refractivity contribution in [1.29, 1.82) is 0 Å². The van der Waals surface area contributed by atoms with E-state index in [0.717, 1.165) is 13.2 Å². The van der Waals surface area contributed by atoms with E-state index in [4.69, 9.17) is 11.6 Å². The van der Waals surface area contributed by atoms with Crippen molar-refractivity contribution in [2.75, 3.05) is 7.11 Å². The van der Waals surface area contributed by atoms with Crippen LogP contribution in [0.2, 0.25) is 5.02 Å². The maximum Gasteiger partial charge on any atom is 0.417 e. The largest absolute Gasteiger partial charge is 0.469 e. The number of alkyl halides is 3. The fourth-order valence-corrected chi connectivity index (χ4v) is 1.46. The van der Waals surface area contributed by atoms with Crippen molar-refractivity contribution in [3.05, 3.63) is 34.1 Å². The molecule has 1 aromatic rings. The highest BCUT2D eigenvalue weighted by molar-refractivity contribution is 6.31. The first-order chi connectivity index (χ1) is 7.75. The average molecular weight is 271 g/mol. The molecule has 0 fully saturated rings. The summed E-state index contributed by atoms with van der Waals surface area (Å²) in [7, 11) is 1.09. The Morgan fingerprint density at radius 2 is 2.00 bits per heavy atom. The molecule has 94 valence electrons. The van der Waals surface area contributed by atoms with E-state index < -0.39 is 35.0 Å². The van der Waals surface area contributed by atoms with Crippen molar-refractivity contribution < 1.29 is 27.1 Å². The average Bonchev–Trinajstić information content (AvgIpc) is 2.21. The van der Waals surface area contributed by atoms with E-state index >= 15 is 0 Å². The van der Waals surface area contributed by atoms with Gasteiger partial charge in [0, 0.05) is 5.56 Å². The fraction of sp³-hybridized carbons (Fsp3) is 0.300.